The van der Waals surface area contributed by atoms with E-state index in [1.807, 2.05) is 6.20 Å². The zero-order valence-electron chi connectivity index (χ0n) is 9.48. The Kier molecular flexibility index (Phi) is 2.23. The summed E-state index contributed by atoms with van der Waals surface area (Å²) in [5.41, 5.74) is 1.20. The van der Waals surface area contributed by atoms with Crippen LogP contribution in [-0.4, -0.2) is 22.6 Å². The lowest BCUT2D eigenvalue weighted by Gasteiger charge is -2.25. The van der Waals surface area contributed by atoms with Gasteiger partial charge in [0.2, 0.25) is 0 Å². The molecule has 3 rings (SSSR count). The minimum Gasteiger partial charge on any atom is -0.467 e. The van der Waals surface area contributed by atoms with Crippen LogP contribution in [0.1, 0.15) is 49.2 Å². The van der Waals surface area contributed by atoms with E-state index in [2.05, 4.69) is 9.55 Å². The molecule has 0 spiro atoms. The topological polar surface area (TPSA) is 44.1 Å². The third kappa shape index (κ3) is 1.44. The molecular formula is C12H16N2O2. The molecule has 0 aromatic carbocycles. The average Bonchev–Trinajstić information content (AvgIpc) is 3.07. The summed E-state index contributed by atoms with van der Waals surface area (Å²) < 4.78 is 7.02. The number of fused-ring (bicyclic) bond motifs is 1. The van der Waals surface area contributed by atoms with E-state index in [4.69, 9.17) is 4.74 Å². The van der Waals surface area contributed by atoms with Gasteiger partial charge in [-0.15, -0.1) is 0 Å². The Morgan fingerprint density at radius 1 is 1.50 bits per heavy atom. The van der Waals surface area contributed by atoms with Crippen LogP contribution in [0, 0.1) is 0 Å². The Morgan fingerprint density at radius 3 is 3.00 bits per heavy atom. The van der Waals surface area contributed by atoms with Gasteiger partial charge in [-0.2, -0.15) is 0 Å². The van der Waals surface area contributed by atoms with Crippen molar-refractivity contribution in [1.29, 1.82) is 0 Å². The van der Waals surface area contributed by atoms with Crippen molar-refractivity contribution in [2.45, 2.75) is 44.1 Å². The van der Waals surface area contributed by atoms with Gasteiger partial charge in [-0.1, -0.05) is 0 Å². The molecular weight excluding hydrogens is 204 g/mol. The van der Waals surface area contributed by atoms with Gasteiger partial charge in [0.15, 0.2) is 0 Å². The number of hydrogen-bond donors (Lipinski definition) is 0. The molecule has 1 aliphatic heterocycles. The van der Waals surface area contributed by atoms with E-state index in [0.29, 0.717) is 5.92 Å². The largest absolute Gasteiger partial charge is 0.467 e. The monoisotopic (exact) mass is 220 g/mol. The maximum Gasteiger partial charge on any atom is 0.328 e. The second-order valence-electron chi connectivity index (χ2n) is 4.68. The number of nitrogens with zero attached hydrogens (tertiary/aromatic N) is 2. The van der Waals surface area contributed by atoms with E-state index in [-0.39, 0.29) is 12.0 Å². The molecule has 0 amide bonds. The maximum absolute atomic E-state index is 11.8. The molecule has 4 nitrogen and oxygen atoms in total. The third-order valence-electron chi connectivity index (χ3n) is 3.54. The summed E-state index contributed by atoms with van der Waals surface area (Å²) in [5.74, 6) is 1.56. The summed E-state index contributed by atoms with van der Waals surface area (Å²) in [5, 5.41) is 0. The number of carbonyl (C=O) groups excluding carboxylic acids is 1. The molecule has 1 fully saturated rings. The summed E-state index contributed by atoms with van der Waals surface area (Å²) in [6, 6.07) is -0.133. The van der Waals surface area contributed by atoms with Gasteiger partial charge in [-0.05, 0) is 32.1 Å². The van der Waals surface area contributed by atoms with Crippen LogP contribution >= 0.6 is 0 Å². The molecule has 0 N–H and O–H groups in total. The molecule has 1 aromatic rings. The van der Waals surface area contributed by atoms with E-state index >= 15 is 0 Å². The van der Waals surface area contributed by atoms with Gasteiger partial charge in [-0.25, -0.2) is 9.78 Å². The van der Waals surface area contributed by atoms with E-state index in [1.165, 1.54) is 25.6 Å². The second-order valence-corrected chi connectivity index (χ2v) is 4.68. The normalized spacial score (nSPS) is 23.9. The summed E-state index contributed by atoms with van der Waals surface area (Å²) >= 11 is 0. The molecule has 1 unspecified atom stereocenters. The number of rotatable bonds is 2. The number of ether oxygens (including phenoxy) is 1. The molecule has 0 bridgehead atoms. The van der Waals surface area contributed by atoms with Gasteiger partial charge in [0.1, 0.15) is 11.9 Å². The molecule has 0 radical (unpaired) electrons. The first-order valence-corrected chi connectivity index (χ1v) is 5.95. The minimum atomic E-state index is -0.133. The number of hydrogen-bond acceptors (Lipinski definition) is 3. The first-order valence-electron chi connectivity index (χ1n) is 5.95. The van der Waals surface area contributed by atoms with Crippen molar-refractivity contribution in [3.8, 4) is 0 Å². The van der Waals surface area contributed by atoms with Crippen molar-refractivity contribution in [1.82, 2.24) is 9.55 Å². The van der Waals surface area contributed by atoms with E-state index in [1.54, 1.807) is 0 Å². The predicted octanol–water partition coefficient (Wildman–Crippen LogP) is 1.81. The van der Waals surface area contributed by atoms with E-state index in [9.17, 15) is 4.79 Å². The Balaban J connectivity index is 2.01. The van der Waals surface area contributed by atoms with Gasteiger partial charge in [0.25, 0.3) is 0 Å². The lowest BCUT2D eigenvalue weighted by atomic mass is 10.0. The molecule has 1 atom stereocenters. The molecule has 1 saturated carbocycles. The Morgan fingerprint density at radius 2 is 2.31 bits per heavy atom. The highest BCUT2D eigenvalue weighted by molar-refractivity contribution is 5.74. The fraction of sp³-hybridized carbons (Fsp3) is 0.667. The highest BCUT2D eigenvalue weighted by atomic mass is 16.5. The Labute approximate surface area is 94.6 Å². The number of aromatic nitrogens is 2. The zero-order chi connectivity index (χ0) is 11.1. The Bertz CT molecular complexity index is 421. The molecule has 0 saturated heterocycles. The number of carbonyl (C=O) groups is 1. The molecule has 86 valence electrons. The highest BCUT2D eigenvalue weighted by Gasteiger charge is 2.35. The number of esters is 1. The van der Waals surface area contributed by atoms with Crippen molar-refractivity contribution >= 4 is 5.97 Å². The van der Waals surface area contributed by atoms with Crippen LogP contribution in [0.3, 0.4) is 0 Å². The van der Waals surface area contributed by atoms with Crippen LogP contribution < -0.4 is 0 Å². The maximum atomic E-state index is 11.8. The molecule has 16 heavy (non-hydrogen) atoms. The van der Waals surface area contributed by atoms with Gasteiger partial charge in [0, 0.05) is 17.8 Å². The molecule has 2 heterocycles. The van der Waals surface area contributed by atoms with E-state index in [0.717, 1.165) is 25.1 Å². The van der Waals surface area contributed by atoms with Crippen molar-refractivity contribution in [2.24, 2.45) is 0 Å². The van der Waals surface area contributed by atoms with Crippen molar-refractivity contribution in [3.63, 3.8) is 0 Å². The second kappa shape index (κ2) is 3.61. The summed E-state index contributed by atoms with van der Waals surface area (Å²) in [6.45, 7) is 0. The third-order valence-corrected chi connectivity index (χ3v) is 3.54. The Hall–Kier alpha value is -1.32. The quantitative estimate of drug-likeness (QED) is 0.714. The van der Waals surface area contributed by atoms with Gasteiger partial charge in [0.05, 0.1) is 7.11 Å². The standard InChI is InChI=1S/C12H16N2O2/c1-16-12(15)10-4-2-3-9-7-13-11(14(9)10)8-5-6-8/h7-8,10H,2-6H2,1H3. The van der Waals surface area contributed by atoms with Crippen molar-refractivity contribution < 1.29 is 9.53 Å². The summed E-state index contributed by atoms with van der Waals surface area (Å²) in [6.07, 6.45) is 7.33. The lowest BCUT2D eigenvalue weighted by molar-refractivity contribution is -0.145. The smallest absolute Gasteiger partial charge is 0.328 e. The van der Waals surface area contributed by atoms with Crippen LogP contribution in [-0.2, 0) is 16.0 Å². The van der Waals surface area contributed by atoms with Crippen LogP contribution in [0.25, 0.3) is 0 Å². The molecule has 1 aromatic heterocycles. The van der Waals surface area contributed by atoms with Crippen LogP contribution in [0.4, 0.5) is 0 Å². The highest BCUT2D eigenvalue weighted by Crippen LogP contribution is 2.42. The number of aryl methyl sites for hydroxylation is 1. The first-order chi connectivity index (χ1) is 7.81. The van der Waals surface area contributed by atoms with Crippen molar-refractivity contribution in [3.05, 3.63) is 17.7 Å². The van der Waals surface area contributed by atoms with Crippen LogP contribution in [0.15, 0.2) is 6.20 Å². The van der Waals surface area contributed by atoms with Gasteiger partial charge >= 0.3 is 5.97 Å². The summed E-state index contributed by atoms with van der Waals surface area (Å²) in [4.78, 5) is 16.2. The molecule has 4 heteroatoms. The molecule has 2 aliphatic rings. The lowest BCUT2D eigenvalue weighted by Crippen LogP contribution is -2.27. The number of methoxy groups -OCH3 is 1. The van der Waals surface area contributed by atoms with E-state index < -0.39 is 0 Å². The molecule has 1 aliphatic carbocycles. The predicted molar refractivity (Wildman–Crippen MR) is 58.2 cm³/mol. The summed E-state index contributed by atoms with van der Waals surface area (Å²) in [7, 11) is 1.46. The number of imidazole rings is 1. The van der Waals surface area contributed by atoms with Crippen molar-refractivity contribution in [2.75, 3.05) is 7.11 Å². The fourth-order valence-electron chi connectivity index (χ4n) is 2.57. The SMILES string of the molecule is COC(=O)C1CCCc2cnc(C3CC3)n21. The zero-order valence-corrected chi connectivity index (χ0v) is 9.48. The average molecular weight is 220 g/mol. The van der Waals surface area contributed by atoms with Gasteiger partial charge in [-0.3, -0.25) is 0 Å². The van der Waals surface area contributed by atoms with Crippen LogP contribution in [0.5, 0.6) is 0 Å². The fourth-order valence-corrected chi connectivity index (χ4v) is 2.57. The van der Waals surface area contributed by atoms with Gasteiger partial charge < -0.3 is 9.30 Å². The first kappa shape index (κ1) is 9.87. The van der Waals surface area contributed by atoms with Crippen LogP contribution in [0.2, 0.25) is 0 Å². The minimum absolute atomic E-state index is 0.124.